The summed E-state index contributed by atoms with van der Waals surface area (Å²) in [4.78, 5) is 17.1. The molecule has 0 atom stereocenters. The summed E-state index contributed by atoms with van der Waals surface area (Å²) in [6, 6.07) is 22.6. The zero-order valence-electron chi connectivity index (χ0n) is 15.6. The lowest BCUT2D eigenvalue weighted by molar-refractivity contribution is 0.0954. The number of para-hydroxylation sites is 2. The van der Waals surface area contributed by atoms with Gasteiger partial charge in [-0.15, -0.1) is 0 Å². The Labute approximate surface area is 179 Å². The van der Waals surface area contributed by atoms with Crippen molar-refractivity contribution in [3.63, 3.8) is 0 Å². The fourth-order valence-electron chi connectivity index (χ4n) is 3.31. The van der Waals surface area contributed by atoms with Crippen LogP contribution in [0, 0.1) is 0 Å². The zero-order valence-corrected chi connectivity index (χ0v) is 17.1. The standard InChI is InChI=1S/C23H19Cl2N3O/c24-18-9-6-10-19(25)17(18)15-28-21-12-5-4-11-20(21)27-22(28)13-14-26-23(29)16-7-2-1-3-8-16/h1-12H,13-15H2,(H,26,29). The lowest BCUT2D eigenvalue weighted by Gasteiger charge is -2.12. The molecule has 0 radical (unpaired) electrons. The predicted molar refractivity (Wildman–Crippen MR) is 118 cm³/mol. The first-order chi connectivity index (χ1) is 14.1. The first-order valence-corrected chi connectivity index (χ1v) is 10.1. The molecule has 1 amide bonds. The van der Waals surface area contributed by atoms with Gasteiger partial charge in [0.1, 0.15) is 5.82 Å². The summed E-state index contributed by atoms with van der Waals surface area (Å²) in [6.45, 7) is 0.994. The van der Waals surface area contributed by atoms with E-state index >= 15 is 0 Å². The highest BCUT2D eigenvalue weighted by Gasteiger charge is 2.14. The fraction of sp³-hybridized carbons (Fsp3) is 0.130. The Bertz CT molecular complexity index is 1140. The Morgan fingerprint density at radius 2 is 1.59 bits per heavy atom. The number of fused-ring (bicyclic) bond motifs is 1. The fourth-order valence-corrected chi connectivity index (χ4v) is 3.83. The molecular formula is C23H19Cl2N3O. The number of imidazole rings is 1. The minimum Gasteiger partial charge on any atom is -0.352 e. The van der Waals surface area contributed by atoms with Crippen molar-refractivity contribution in [1.82, 2.24) is 14.9 Å². The maximum absolute atomic E-state index is 12.3. The summed E-state index contributed by atoms with van der Waals surface area (Å²) in [7, 11) is 0. The maximum Gasteiger partial charge on any atom is 0.251 e. The quantitative estimate of drug-likeness (QED) is 0.453. The molecule has 6 heteroatoms. The topological polar surface area (TPSA) is 46.9 Å². The first-order valence-electron chi connectivity index (χ1n) is 9.34. The highest BCUT2D eigenvalue weighted by atomic mass is 35.5. The average molecular weight is 424 g/mol. The molecular weight excluding hydrogens is 405 g/mol. The van der Waals surface area contributed by atoms with Crippen molar-refractivity contribution in [2.75, 3.05) is 6.54 Å². The highest BCUT2D eigenvalue weighted by Crippen LogP contribution is 2.27. The highest BCUT2D eigenvalue weighted by molar-refractivity contribution is 6.36. The van der Waals surface area contributed by atoms with Gasteiger partial charge in [0.05, 0.1) is 17.6 Å². The van der Waals surface area contributed by atoms with Crippen molar-refractivity contribution >= 4 is 40.1 Å². The molecule has 0 saturated carbocycles. The molecule has 4 aromatic rings. The van der Waals surface area contributed by atoms with Gasteiger partial charge in [-0.25, -0.2) is 4.98 Å². The average Bonchev–Trinajstić information content (AvgIpc) is 3.08. The van der Waals surface area contributed by atoms with Crippen LogP contribution in [0.15, 0.2) is 72.8 Å². The summed E-state index contributed by atoms with van der Waals surface area (Å²) in [6.07, 6.45) is 0.593. The summed E-state index contributed by atoms with van der Waals surface area (Å²) in [5.41, 5.74) is 3.41. The largest absolute Gasteiger partial charge is 0.352 e. The summed E-state index contributed by atoms with van der Waals surface area (Å²) in [5.74, 6) is 0.776. The number of benzene rings is 3. The van der Waals surface area contributed by atoms with Gasteiger partial charge < -0.3 is 9.88 Å². The van der Waals surface area contributed by atoms with Gasteiger partial charge in [0.25, 0.3) is 5.91 Å². The van der Waals surface area contributed by atoms with Crippen LogP contribution in [0.3, 0.4) is 0 Å². The molecule has 1 N–H and O–H groups in total. The Balaban J connectivity index is 1.58. The van der Waals surface area contributed by atoms with E-state index in [1.165, 1.54) is 0 Å². The molecule has 0 aliphatic rings. The monoisotopic (exact) mass is 423 g/mol. The van der Waals surface area contributed by atoms with Gasteiger partial charge >= 0.3 is 0 Å². The van der Waals surface area contributed by atoms with Crippen LogP contribution >= 0.6 is 23.2 Å². The number of nitrogens with zero attached hydrogens (tertiary/aromatic N) is 2. The Hall–Kier alpha value is -2.82. The minimum absolute atomic E-state index is 0.0950. The van der Waals surface area contributed by atoms with E-state index in [0.717, 1.165) is 22.4 Å². The number of carbonyl (C=O) groups is 1. The molecule has 1 heterocycles. The zero-order chi connectivity index (χ0) is 20.2. The molecule has 0 fully saturated rings. The third kappa shape index (κ3) is 4.29. The van der Waals surface area contributed by atoms with Crippen molar-refractivity contribution < 1.29 is 4.79 Å². The number of hydrogen-bond acceptors (Lipinski definition) is 2. The normalized spacial score (nSPS) is 11.0. The lowest BCUT2D eigenvalue weighted by Crippen LogP contribution is -2.26. The molecule has 0 aliphatic carbocycles. The number of nitrogens with one attached hydrogen (secondary N) is 1. The molecule has 0 spiro atoms. The van der Waals surface area contributed by atoms with E-state index in [1.54, 1.807) is 12.1 Å². The van der Waals surface area contributed by atoms with Crippen LogP contribution < -0.4 is 5.32 Å². The van der Waals surface area contributed by atoms with Gasteiger partial charge in [0, 0.05) is 34.1 Å². The molecule has 3 aromatic carbocycles. The molecule has 0 unspecified atom stereocenters. The van der Waals surface area contributed by atoms with Gasteiger partial charge in [-0.2, -0.15) is 0 Å². The van der Waals surface area contributed by atoms with Crippen molar-refractivity contribution in [1.29, 1.82) is 0 Å². The van der Waals surface area contributed by atoms with Crippen molar-refractivity contribution in [2.24, 2.45) is 0 Å². The van der Waals surface area contributed by atoms with Gasteiger partial charge in [0.2, 0.25) is 0 Å². The second-order valence-electron chi connectivity index (χ2n) is 6.68. The third-order valence-corrected chi connectivity index (χ3v) is 5.49. The van der Waals surface area contributed by atoms with Gasteiger partial charge in [-0.05, 0) is 36.4 Å². The summed E-state index contributed by atoms with van der Waals surface area (Å²) >= 11 is 12.8. The number of halogens is 2. The Kier molecular flexibility index (Phi) is 5.84. The van der Waals surface area contributed by atoms with E-state index in [-0.39, 0.29) is 5.91 Å². The van der Waals surface area contributed by atoms with E-state index < -0.39 is 0 Å². The Morgan fingerprint density at radius 3 is 2.34 bits per heavy atom. The van der Waals surface area contributed by atoms with Crippen molar-refractivity contribution in [2.45, 2.75) is 13.0 Å². The lowest BCUT2D eigenvalue weighted by atomic mass is 10.2. The molecule has 146 valence electrons. The van der Waals surface area contributed by atoms with E-state index in [0.29, 0.717) is 35.1 Å². The van der Waals surface area contributed by atoms with Crippen LogP contribution in [0.25, 0.3) is 11.0 Å². The van der Waals surface area contributed by atoms with Crippen molar-refractivity contribution in [3.8, 4) is 0 Å². The van der Waals surface area contributed by atoms with E-state index in [9.17, 15) is 4.79 Å². The van der Waals surface area contributed by atoms with Crippen LogP contribution in [0.4, 0.5) is 0 Å². The van der Waals surface area contributed by atoms with Crippen LogP contribution in [-0.2, 0) is 13.0 Å². The summed E-state index contributed by atoms with van der Waals surface area (Å²) in [5, 5.41) is 4.21. The first kappa shape index (κ1) is 19.5. The number of carbonyl (C=O) groups excluding carboxylic acids is 1. The van der Waals surface area contributed by atoms with E-state index in [4.69, 9.17) is 28.2 Å². The Morgan fingerprint density at radius 1 is 0.897 bits per heavy atom. The number of hydrogen-bond donors (Lipinski definition) is 1. The minimum atomic E-state index is -0.0950. The molecule has 0 bridgehead atoms. The SMILES string of the molecule is O=C(NCCc1nc2ccccc2n1Cc1c(Cl)cccc1Cl)c1ccccc1. The van der Waals surface area contributed by atoms with Crippen LogP contribution in [0.1, 0.15) is 21.7 Å². The van der Waals surface area contributed by atoms with Gasteiger partial charge in [-0.1, -0.05) is 59.6 Å². The smallest absolute Gasteiger partial charge is 0.251 e. The van der Waals surface area contributed by atoms with Gasteiger partial charge in [0.15, 0.2) is 0 Å². The maximum atomic E-state index is 12.3. The van der Waals surface area contributed by atoms with Crippen LogP contribution in [0.2, 0.25) is 10.0 Å². The molecule has 0 saturated heterocycles. The van der Waals surface area contributed by atoms with E-state index in [2.05, 4.69) is 9.88 Å². The third-order valence-electron chi connectivity index (χ3n) is 4.78. The van der Waals surface area contributed by atoms with E-state index in [1.807, 2.05) is 60.7 Å². The van der Waals surface area contributed by atoms with Crippen molar-refractivity contribution in [3.05, 3.63) is 99.8 Å². The number of amides is 1. The molecule has 29 heavy (non-hydrogen) atoms. The summed E-state index contributed by atoms with van der Waals surface area (Å²) < 4.78 is 2.11. The van der Waals surface area contributed by atoms with Gasteiger partial charge in [-0.3, -0.25) is 4.79 Å². The number of aromatic nitrogens is 2. The van der Waals surface area contributed by atoms with Crippen LogP contribution in [-0.4, -0.2) is 22.0 Å². The second kappa shape index (κ2) is 8.68. The number of rotatable bonds is 6. The molecule has 4 rings (SSSR count). The molecule has 0 aliphatic heterocycles. The molecule has 1 aromatic heterocycles. The van der Waals surface area contributed by atoms with Crippen LogP contribution in [0.5, 0.6) is 0 Å². The second-order valence-corrected chi connectivity index (χ2v) is 7.49. The molecule has 4 nitrogen and oxygen atoms in total. The predicted octanol–water partition coefficient (Wildman–Crippen LogP) is 5.36.